The monoisotopic (exact) mass is 415 g/mol. The molecule has 0 unspecified atom stereocenters. The van der Waals surface area contributed by atoms with Crippen LogP contribution in [0.3, 0.4) is 0 Å². The Morgan fingerprint density at radius 1 is 0.867 bits per heavy atom. The number of rotatable bonds is 7. The fraction of sp³-hybridized carbons (Fsp3) is 0.0909. The van der Waals surface area contributed by atoms with Gasteiger partial charge in [-0.2, -0.15) is 0 Å². The molecule has 3 aromatic heterocycles. The van der Waals surface area contributed by atoms with Crippen LogP contribution in [0.25, 0.3) is 22.8 Å². The van der Waals surface area contributed by atoms with Crippen LogP contribution in [0.4, 0.5) is 0 Å². The number of hydrogen-bond acceptors (Lipinski definition) is 8. The summed E-state index contributed by atoms with van der Waals surface area (Å²) in [4.78, 5) is 25.9. The molecule has 4 rings (SSSR count). The summed E-state index contributed by atoms with van der Waals surface area (Å²) in [7, 11) is 1.59. The number of aromatic nitrogens is 5. The molecule has 0 saturated heterocycles. The summed E-state index contributed by atoms with van der Waals surface area (Å²) in [6.07, 6.45) is 3.38. The molecule has 0 spiro atoms. The number of thioether (sulfide) groups is 1. The number of ether oxygens (including phenoxy) is 1. The molecule has 0 radical (unpaired) electrons. The first-order valence-electron chi connectivity index (χ1n) is 9.12. The van der Waals surface area contributed by atoms with E-state index in [0.29, 0.717) is 39.2 Å². The third kappa shape index (κ3) is 4.49. The van der Waals surface area contributed by atoms with Gasteiger partial charge in [-0.15, -0.1) is 10.2 Å². The number of benzene rings is 1. The molecule has 0 aliphatic rings. The molecule has 30 heavy (non-hydrogen) atoms. The van der Waals surface area contributed by atoms with Gasteiger partial charge >= 0.3 is 0 Å². The summed E-state index contributed by atoms with van der Waals surface area (Å²) in [6.45, 7) is 0. The summed E-state index contributed by atoms with van der Waals surface area (Å²) >= 11 is 1.23. The highest BCUT2D eigenvalue weighted by molar-refractivity contribution is 7.99. The molecule has 7 nitrogen and oxygen atoms in total. The van der Waals surface area contributed by atoms with E-state index in [-0.39, 0.29) is 11.5 Å². The lowest BCUT2D eigenvalue weighted by atomic mass is 10.1. The molecule has 3 heterocycles. The van der Waals surface area contributed by atoms with Gasteiger partial charge in [0.25, 0.3) is 0 Å². The van der Waals surface area contributed by atoms with E-state index in [1.807, 2.05) is 36.4 Å². The second-order valence-corrected chi connectivity index (χ2v) is 7.10. The Morgan fingerprint density at radius 2 is 1.53 bits per heavy atom. The SMILES string of the molecule is COc1ccc(C(=O)CSc2nnc(-c3ccccn3)c(-c3ccccn3)n2)cc1. The lowest BCUT2D eigenvalue weighted by Gasteiger charge is -2.08. The van der Waals surface area contributed by atoms with Gasteiger partial charge < -0.3 is 4.74 Å². The zero-order chi connectivity index (χ0) is 20.8. The third-order valence-corrected chi connectivity index (χ3v) is 5.06. The van der Waals surface area contributed by atoms with Crippen LogP contribution in [-0.2, 0) is 0 Å². The van der Waals surface area contributed by atoms with Crippen LogP contribution in [0.5, 0.6) is 5.75 Å². The topological polar surface area (TPSA) is 90.8 Å². The highest BCUT2D eigenvalue weighted by atomic mass is 32.2. The molecule has 8 heteroatoms. The van der Waals surface area contributed by atoms with Gasteiger partial charge in [-0.25, -0.2) is 4.98 Å². The normalized spacial score (nSPS) is 10.6. The minimum atomic E-state index is -0.0283. The van der Waals surface area contributed by atoms with Crippen LogP contribution in [-0.4, -0.2) is 43.8 Å². The Morgan fingerprint density at radius 3 is 2.13 bits per heavy atom. The molecule has 0 amide bonds. The first-order valence-corrected chi connectivity index (χ1v) is 10.1. The Bertz CT molecular complexity index is 1140. The zero-order valence-corrected chi connectivity index (χ0v) is 16.9. The van der Waals surface area contributed by atoms with Crippen LogP contribution in [0, 0.1) is 0 Å². The summed E-state index contributed by atoms with van der Waals surface area (Å²) < 4.78 is 5.13. The second kappa shape index (κ2) is 9.23. The molecule has 0 bridgehead atoms. The number of hydrogen-bond donors (Lipinski definition) is 0. The van der Waals surface area contributed by atoms with Gasteiger partial charge in [0.15, 0.2) is 5.78 Å². The molecular weight excluding hydrogens is 398 g/mol. The lowest BCUT2D eigenvalue weighted by Crippen LogP contribution is -2.05. The number of carbonyl (C=O) groups excluding carboxylic acids is 1. The van der Waals surface area contributed by atoms with Crippen LogP contribution < -0.4 is 4.74 Å². The van der Waals surface area contributed by atoms with Gasteiger partial charge in [0, 0.05) is 18.0 Å². The number of pyridine rings is 2. The van der Waals surface area contributed by atoms with Crippen LogP contribution in [0.15, 0.2) is 78.2 Å². The average Bonchev–Trinajstić information content (AvgIpc) is 2.83. The van der Waals surface area contributed by atoms with Crippen LogP contribution in [0.1, 0.15) is 10.4 Å². The lowest BCUT2D eigenvalue weighted by molar-refractivity contribution is 0.102. The van der Waals surface area contributed by atoms with Gasteiger partial charge in [-0.3, -0.25) is 14.8 Å². The maximum absolute atomic E-state index is 12.5. The molecule has 0 N–H and O–H groups in total. The van der Waals surface area contributed by atoms with Crippen molar-refractivity contribution in [2.75, 3.05) is 12.9 Å². The van der Waals surface area contributed by atoms with E-state index in [1.54, 1.807) is 43.8 Å². The minimum Gasteiger partial charge on any atom is -0.497 e. The van der Waals surface area contributed by atoms with E-state index < -0.39 is 0 Å². The molecule has 0 fully saturated rings. The molecule has 0 saturated carbocycles. The van der Waals surface area contributed by atoms with E-state index in [4.69, 9.17) is 4.74 Å². The minimum absolute atomic E-state index is 0.0283. The maximum Gasteiger partial charge on any atom is 0.210 e. The van der Waals surface area contributed by atoms with Crippen molar-refractivity contribution in [2.24, 2.45) is 0 Å². The number of methoxy groups -OCH3 is 1. The van der Waals surface area contributed by atoms with Crippen molar-refractivity contribution in [2.45, 2.75) is 5.16 Å². The number of ketones is 1. The Balaban J connectivity index is 1.59. The number of carbonyl (C=O) groups is 1. The maximum atomic E-state index is 12.5. The van der Waals surface area contributed by atoms with Crippen molar-refractivity contribution in [3.8, 4) is 28.5 Å². The van der Waals surface area contributed by atoms with Crippen LogP contribution >= 0.6 is 11.8 Å². The first-order chi connectivity index (χ1) is 14.7. The van der Waals surface area contributed by atoms with Crippen molar-refractivity contribution in [1.82, 2.24) is 25.1 Å². The number of Topliss-reactive ketones (excluding diaryl/α,β-unsaturated/α-hetero) is 1. The fourth-order valence-electron chi connectivity index (χ4n) is 2.72. The quantitative estimate of drug-likeness (QED) is 0.331. The van der Waals surface area contributed by atoms with Gasteiger partial charge in [0.05, 0.1) is 24.3 Å². The van der Waals surface area contributed by atoms with E-state index in [2.05, 4.69) is 25.1 Å². The van der Waals surface area contributed by atoms with Crippen molar-refractivity contribution in [3.05, 3.63) is 78.6 Å². The van der Waals surface area contributed by atoms with Crippen molar-refractivity contribution in [1.29, 1.82) is 0 Å². The predicted octanol–water partition coefficient (Wildman–Crippen LogP) is 3.98. The molecule has 0 aliphatic carbocycles. The molecule has 0 aliphatic heterocycles. The van der Waals surface area contributed by atoms with E-state index >= 15 is 0 Å². The van der Waals surface area contributed by atoms with Gasteiger partial charge in [0.2, 0.25) is 5.16 Å². The molecule has 4 aromatic rings. The highest BCUT2D eigenvalue weighted by Crippen LogP contribution is 2.27. The van der Waals surface area contributed by atoms with E-state index in [0.717, 1.165) is 0 Å². The molecule has 148 valence electrons. The Labute approximate surface area is 177 Å². The average molecular weight is 415 g/mol. The summed E-state index contributed by atoms with van der Waals surface area (Å²) in [6, 6.07) is 18.1. The second-order valence-electron chi connectivity index (χ2n) is 6.16. The van der Waals surface area contributed by atoms with Crippen molar-refractivity contribution < 1.29 is 9.53 Å². The largest absolute Gasteiger partial charge is 0.497 e. The zero-order valence-electron chi connectivity index (χ0n) is 16.1. The van der Waals surface area contributed by atoms with Gasteiger partial charge in [0.1, 0.15) is 17.1 Å². The van der Waals surface area contributed by atoms with Crippen molar-refractivity contribution >= 4 is 17.5 Å². The smallest absolute Gasteiger partial charge is 0.210 e. The predicted molar refractivity (Wildman–Crippen MR) is 114 cm³/mol. The Kier molecular flexibility index (Phi) is 6.05. The third-order valence-electron chi connectivity index (χ3n) is 4.23. The van der Waals surface area contributed by atoms with E-state index in [1.165, 1.54) is 11.8 Å². The summed E-state index contributed by atoms with van der Waals surface area (Å²) in [5, 5.41) is 8.93. The highest BCUT2D eigenvalue weighted by Gasteiger charge is 2.16. The van der Waals surface area contributed by atoms with Crippen molar-refractivity contribution in [3.63, 3.8) is 0 Å². The standard InChI is InChI=1S/C22H17N5O2S/c1-29-16-10-8-15(9-11-16)19(28)14-30-22-25-20(17-6-2-4-12-23-17)21(26-27-22)18-7-3-5-13-24-18/h2-13H,14H2,1H3. The first kappa shape index (κ1) is 19.7. The fourth-order valence-corrected chi connectivity index (χ4v) is 3.40. The van der Waals surface area contributed by atoms with Gasteiger partial charge in [-0.05, 0) is 48.5 Å². The van der Waals surface area contributed by atoms with Gasteiger partial charge in [-0.1, -0.05) is 23.9 Å². The molecule has 0 atom stereocenters. The number of nitrogens with zero attached hydrogens (tertiary/aromatic N) is 5. The molecule has 1 aromatic carbocycles. The summed E-state index contributed by atoms with van der Waals surface area (Å²) in [5.41, 5.74) is 3.04. The van der Waals surface area contributed by atoms with E-state index in [9.17, 15) is 4.79 Å². The Hall–Kier alpha value is -3.65. The van der Waals surface area contributed by atoms with Crippen LogP contribution in [0.2, 0.25) is 0 Å². The summed E-state index contributed by atoms with van der Waals surface area (Å²) in [5.74, 6) is 0.870. The molecular formula is C22H17N5O2S.